The number of amides is 1. The molecule has 1 aliphatic rings. The van der Waals surface area contributed by atoms with Gasteiger partial charge in [0.1, 0.15) is 5.60 Å². The zero-order chi connectivity index (χ0) is 18.7. The van der Waals surface area contributed by atoms with Gasteiger partial charge in [-0.25, -0.2) is 9.59 Å². The molecular formula is C19H22N4O3. The molecule has 1 fully saturated rings. The van der Waals surface area contributed by atoms with Crippen LogP contribution < -0.4 is 4.90 Å². The highest BCUT2D eigenvalue weighted by molar-refractivity contribution is 6.01. The molecule has 0 aliphatic carbocycles. The number of aliphatic imine (C=N–C) groups is 1. The Bertz CT molecular complexity index is 861. The minimum absolute atomic E-state index is 0.276. The highest BCUT2D eigenvalue weighted by Gasteiger charge is 2.26. The van der Waals surface area contributed by atoms with Gasteiger partial charge in [-0.15, -0.1) is 0 Å². The number of hydrogen-bond acceptors (Lipinski definition) is 6. The van der Waals surface area contributed by atoms with Crippen molar-refractivity contribution in [1.29, 1.82) is 0 Å². The number of pyridine rings is 1. The van der Waals surface area contributed by atoms with Crippen LogP contribution in [0.15, 0.2) is 35.6 Å². The second kappa shape index (κ2) is 7.14. The van der Waals surface area contributed by atoms with Gasteiger partial charge in [-0.2, -0.15) is 4.99 Å². The smallest absolute Gasteiger partial charge is 0.410 e. The summed E-state index contributed by atoms with van der Waals surface area (Å²) >= 11 is 0. The number of ether oxygens (including phenoxy) is 1. The molecule has 136 valence electrons. The number of nitrogens with zero attached hydrogens (tertiary/aromatic N) is 4. The summed E-state index contributed by atoms with van der Waals surface area (Å²) in [6, 6.07) is 5.65. The predicted octanol–water partition coefficient (Wildman–Crippen LogP) is 3.26. The van der Waals surface area contributed by atoms with Crippen LogP contribution in [-0.2, 0) is 9.53 Å². The molecule has 0 N–H and O–H groups in total. The van der Waals surface area contributed by atoms with E-state index in [-0.39, 0.29) is 6.09 Å². The Morgan fingerprint density at radius 2 is 1.88 bits per heavy atom. The lowest BCUT2D eigenvalue weighted by atomic mass is 10.1. The molecule has 0 saturated carbocycles. The van der Waals surface area contributed by atoms with Crippen molar-refractivity contribution in [3.63, 3.8) is 0 Å². The van der Waals surface area contributed by atoms with Gasteiger partial charge in [-0.05, 0) is 39.0 Å². The maximum atomic E-state index is 12.2. The van der Waals surface area contributed by atoms with E-state index in [1.54, 1.807) is 29.4 Å². The summed E-state index contributed by atoms with van der Waals surface area (Å²) in [5.41, 5.74) is 1.10. The summed E-state index contributed by atoms with van der Waals surface area (Å²) in [5.74, 6) is 0. The number of rotatable bonds is 2. The second-order valence-electron chi connectivity index (χ2n) is 7.18. The quantitative estimate of drug-likeness (QED) is 0.611. The van der Waals surface area contributed by atoms with Crippen LogP contribution in [0.3, 0.4) is 0 Å². The van der Waals surface area contributed by atoms with Crippen molar-refractivity contribution >= 4 is 34.3 Å². The first-order chi connectivity index (χ1) is 12.4. The van der Waals surface area contributed by atoms with Crippen LogP contribution >= 0.6 is 0 Å². The predicted molar refractivity (Wildman–Crippen MR) is 99.5 cm³/mol. The van der Waals surface area contributed by atoms with Crippen molar-refractivity contribution in [1.82, 2.24) is 9.88 Å². The molecule has 7 heteroatoms. The van der Waals surface area contributed by atoms with Crippen LogP contribution in [0.2, 0.25) is 0 Å². The van der Waals surface area contributed by atoms with E-state index in [4.69, 9.17) is 4.74 Å². The third-order valence-electron chi connectivity index (χ3n) is 4.21. The molecule has 3 rings (SSSR count). The van der Waals surface area contributed by atoms with E-state index in [1.165, 1.54) is 0 Å². The Balaban J connectivity index is 1.79. The summed E-state index contributed by atoms with van der Waals surface area (Å²) in [6.45, 7) is 8.19. The largest absolute Gasteiger partial charge is 0.444 e. The van der Waals surface area contributed by atoms with Crippen molar-refractivity contribution < 1.29 is 14.3 Å². The molecule has 26 heavy (non-hydrogen) atoms. The number of hydrogen-bond donors (Lipinski definition) is 0. The highest BCUT2D eigenvalue weighted by Crippen LogP contribution is 2.33. The normalized spacial score (nSPS) is 14.9. The van der Waals surface area contributed by atoms with Gasteiger partial charge in [0.05, 0.1) is 5.69 Å². The zero-order valence-corrected chi connectivity index (χ0v) is 15.2. The van der Waals surface area contributed by atoms with E-state index >= 15 is 0 Å². The maximum absolute atomic E-state index is 12.2. The molecule has 1 aromatic heterocycles. The van der Waals surface area contributed by atoms with E-state index in [1.807, 2.05) is 32.9 Å². The number of benzene rings is 1. The summed E-state index contributed by atoms with van der Waals surface area (Å²) in [4.78, 5) is 34.7. The van der Waals surface area contributed by atoms with Crippen molar-refractivity contribution in [2.45, 2.75) is 26.4 Å². The van der Waals surface area contributed by atoms with Crippen molar-refractivity contribution in [3.05, 3.63) is 30.6 Å². The highest BCUT2D eigenvalue weighted by atomic mass is 16.6. The first-order valence-corrected chi connectivity index (χ1v) is 8.56. The monoisotopic (exact) mass is 354 g/mol. The summed E-state index contributed by atoms with van der Waals surface area (Å²) < 4.78 is 5.44. The van der Waals surface area contributed by atoms with E-state index < -0.39 is 5.60 Å². The standard InChI is InChI=1S/C19H22N4O3/c1-19(2,3)26-18(25)23-10-8-22(9-11-23)17-5-4-16(21-13-24)15-12-20-7-6-14(15)17/h4-7,12H,8-11H2,1-3H3. The average molecular weight is 354 g/mol. The van der Waals surface area contributed by atoms with Crippen LogP contribution in [0.4, 0.5) is 16.2 Å². The van der Waals surface area contributed by atoms with E-state index in [2.05, 4.69) is 14.9 Å². The molecule has 1 saturated heterocycles. The number of fused-ring (bicyclic) bond motifs is 1. The molecule has 0 unspecified atom stereocenters. The lowest BCUT2D eigenvalue weighted by Crippen LogP contribution is -2.50. The van der Waals surface area contributed by atoms with Gasteiger partial charge < -0.3 is 14.5 Å². The van der Waals surface area contributed by atoms with Gasteiger partial charge in [-0.3, -0.25) is 4.98 Å². The minimum atomic E-state index is -0.494. The van der Waals surface area contributed by atoms with Gasteiger partial charge >= 0.3 is 6.09 Å². The van der Waals surface area contributed by atoms with Crippen LogP contribution in [0.1, 0.15) is 20.8 Å². The molecule has 0 bridgehead atoms. The Morgan fingerprint density at radius 3 is 2.54 bits per heavy atom. The fraction of sp³-hybridized carbons (Fsp3) is 0.421. The molecule has 2 aromatic rings. The van der Waals surface area contributed by atoms with Crippen LogP contribution in [0, 0.1) is 0 Å². The average Bonchev–Trinajstić information content (AvgIpc) is 2.61. The number of carbonyl (C=O) groups excluding carboxylic acids is 2. The van der Waals surface area contributed by atoms with Crippen LogP contribution in [-0.4, -0.2) is 53.8 Å². The van der Waals surface area contributed by atoms with Gasteiger partial charge in [0.25, 0.3) is 0 Å². The molecule has 1 amide bonds. The zero-order valence-electron chi connectivity index (χ0n) is 15.2. The topological polar surface area (TPSA) is 75.1 Å². The van der Waals surface area contributed by atoms with Crippen molar-refractivity contribution in [3.8, 4) is 0 Å². The van der Waals surface area contributed by atoms with Crippen molar-refractivity contribution in [2.75, 3.05) is 31.1 Å². The van der Waals surface area contributed by atoms with Crippen LogP contribution in [0.5, 0.6) is 0 Å². The molecule has 1 aliphatic heterocycles. The third kappa shape index (κ3) is 3.83. The molecule has 0 atom stereocenters. The summed E-state index contributed by atoms with van der Waals surface area (Å²) in [6.07, 6.45) is 4.73. The summed E-state index contributed by atoms with van der Waals surface area (Å²) in [5, 5.41) is 1.78. The number of carbonyl (C=O) groups is 1. The fourth-order valence-electron chi connectivity index (χ4n) is 3.04. The van der Waals surface area contributed by atoms with Gasteiger partial charge in [0.15, 0.2) is 0 Å². The van der Waals surface area contributed by atoms with Gasteiger partial charge in [0.2, 0.25) is 6.08 Å². The third-order valence-corrected chi connectivity index (χ3v) is 4.21. The number of piperazine rings is 1. The molecule has 7 nitrogen and oxygen atoms in total. The molecular weight excluding hydrogens is 332 g/mol. The minimum Gasteiger partial charge on any atom is -0.444 e. The lowest BCUT2D eigenvalue weighted by Gasteiger charge is -2.37. The lowest BCUT2D eigenvalue weighted by molar-refractivity contribution is 0.0240. The Hall–Kier alpha value is -2.92. The first-order valence-electron chi connectivity index (χ1n) is 8.56. The van der Waals surface area contributed by atoms with E-state index in [9.17, 15) is 9.59 Å². The second-order valence-corrected chi connectivity index (χ2v) is 7.18. The number of anilines is 1. The number of isocyanates is 1. The molecule has 0 spiro atoms. The van der Waals surface area contributed by atoms with E-state index in [0.29, 0.717) is 31.9 Å². The Labute approximate surface area is 152 Å². The van der Waals surface area contributed by atoms with Crippen LogP contribution in [0.25, 0.3) is 10.8 Å². The SMILES string of the molecule is CC(C)(C)OC(=O)N1CCN(c2ccc(N=C=O)c3cnccc23)CC1. The summed E-state index contributed by atoms with van der Waals surface area (Å²) in [7, 11) is 0. The maximum Gasteiger partial charge on any atom is 0.410 e. The Kier molecular flexibility index (Phi) is 4.91. The molecule has 0 radical (unpaired) electrons. The van der Waals surface area contributed by atoms with E-state index in [0.717, 1.165) is 16.5 Å². The molecule has 1 aromatic carbocycles. The Morgan fingerprint density at radius 1 is 1.15 bits per heavy atom. The fourth-order valence-corrected chi connectivity index (χ4v) is 3.04. The first kappa shape index (κ1) is 17.9. The number of aromatic nitrogens is 1. The molecule has 2 heterocycles. The van der Waals surface area contributed by atoms with Gasteiger partial charge in [-0.1, -0.05) is 0 Å². The van der Waals surface area contributed by atoms with Gasteiger partial charge in [0, 0.05) is 55.0 Å². The van der Waals surface area contributed by atoms with Crippen molar-refractivity contribution in [2.24, 2.45) is 4.99 Å².